The number of nitrogens with one attached hydrogen (secondary N) is 1. The summed E-state index contributed by atoms with van der Waals surface area (Å²) in [5.41, 5.74) is 3.68. The maximum Gasteiger partial charge on any atom is 0.178 e. The van der Waals surface area contributed by atoms with Crippen LogP contribution in [0.1, 0.15) is 38.6 Å². The van der Waals surface area contributed by atoms with Gasteiger partial charge in [0, 0.05) is 37.5 Å². The van der Waals surface area contributed by atoms with Crippen LogP contribution in [0.2, 0.25) is 0 Å². The van der Waals surface area contributed by atoms with Gasteiger partial charge in [-0.05, 0) is 21.9 Å². The number of benzene rings is 3. The van der Waals surface area contributed by atoms with Gasteiger partial charge >= 0.3 is 0 Å². The summed E-state index contributed by atoms with van der Waals surface area (Å²) in [4.78, 5) is 18.1. The van der Waals surface area contributed by atoms with E-state index in [0.29, 0.717) is 5.01 Å². The molecule has 0 spiro atoms. The average Bonchev–Trinajstić information content (AvgIpc) is 3.33. The SMILES string of the molecule is O=Cc1nc(C2CN(CC(c3ccccc3)c3cccc4ccccc34)CCN2)cs1. The first kappa shape index (κ1) is 20.1. The number of aldehydes is 1. The van der Waals surface area contributed by atoms with Gasteiger partial charge in [-0.3, -0.25) is 9.69 Å². The van der Waals surface area contributed by atoms with E-state index in [2.05, 4.69) is 88.0 Å². The zero-order valence-corrected chi connectivity index (χ0v) is 18.1. The molecule has 4 nitrogen and oxygen atoms in total. The number of carbonyl (C=O) groups excluding carboxylic acids is 1. The van der Waals surface area contributed by atoms with Gasteiger partial charge in [-0.1, -0.05) is 72.8 Å². The lowest BCUT2D eigenvalue weighted by atomic mass is 9.87. The fourth-order valence-corrected chi connectivity index (χ4v) is 5.24. The number of hydrogen-bond donors (Lipinski definition) is 1. The molecule has 1 fully saturated rings. The Morgan fingerprint density at radius 3 is 2.71 bits per heavy atom. The van der Waals surface area contributed by atoms with Crippen molar-refractivity contribution in [2.24, 2.45) is 0 Å². The maximum absolute atomic E-state index is 11.1. The number of carbonyl (C=O) groups is 1. The van der Waals surface area contributed by atoms with Gasteiger partial charge in [-0.2, -0.15) is 0 Å². The number of thiazole rings is 1. The van der Waals surface area contributed by atoms with E-state index in [9.17, 15) is 4.79 Å². The van der Waals surface area contributed by atoms with Crippen LogP contribution in [0, 0.1) is 0 Å². The number of piperazine rings is 1. The van der Waals surface area contributed by atoms with Crippen LogP contribution in [0.5, 0.6) is 0 Å². The molecule has 0 amide bonds. The van der Waals surface area contributed by atoms with Crippen LogP contribution in [-0.4, -0.2) is 42.3 Å². The summed E-state index contributed by atoms with van der Waals surface area (Å²) >= 11 is 1.42. The molecule has 0 saturated carbocycles. The number of rotatable bonds is 6. The lowest BCUT2D eigenvalue weighted by Gasteiger charge is -2.35. The van der Waals surface area contributed by atoms with E-state index in [1.165, 1.54) is 33.2 Å². The third-order valence-corrected chi connectivity index (χ3v) is 6.89. The highest BCUT2D eigenvalue weighted by atomic mass is 32.1. The van der Waals surface area contributed by atoms with Crippen LogP contribution in [0.25, 0.3) is 10.8 Å². The maximum atomic E-state index is 11.1. The van der Waals surface area contributed by atoms with Gasteiger partial charge in [0.1, 0.15) is 0 Å². The van der Waals surface area contributed by atoms with Crippen LogP contribution >= 0.6 is 11.3 Å². The Balaban J connectivity index is 1.46. The van der Waals surface area contributed by atoms with E-state index in [4.69, 9.17) is 0 Å². The monoisotopic (exact) mass is 427 g/mol. The molecule has 1 N–H and O–H groups in total. The quantitative estimate of drug-likeness (QED) is 0.445. The smallest absolute Gasteiger partial charge is 0.178 e. The molecular formula is C26H25N3OS. The molecule has 2 unspecified atom stereocenters. The lowest BCUT2D eigenvalue weighted by molar-refractivity contribution is 0.112. The zero-order valence-electron chi connectivity index (χ0n) is 17.3. The molecule has 1 aromatic heterocycles. The van der Waals surface area contributed by atoms with Crippen LogP contribution in [-0.2, 0) is 0 Å². The normalized spacial score (nSPS) is 18.1. The summed E-state index contributed by atoms with van der Waals surface area (Å²) in [7, 11) is 0. The summed E-state index contributed by atoms with van der Waals surface area (Å²) in [6.07, 6.45) is 0.834. The lowest BCUT2D eigenvalue weighted by Crippen LogP contribution is -2.47. The highest BCUT2D eigenvalue weighted by Crippen LogP contribution is 2.32. The molecule has 4 aromatic rings. The van der Waals surface area contributed by atoms with Crippen molar-refractivity contribution in [3.05, 3.63) is 100 Å². The predicted octanol–water partition coefficient (Wildman–Crippen LogP) is 4.89. The summed E-state index contributed by atoms with van der Waals surface area (Å²) < 4.78 is 0. The van der Waals surface area contributed by atoms with Crippen molar-refractivity contribution in [1.29, 1.82) is 0 Å². The van der Waals surface area contributed by atoms with Gasteiger partial charge < -0.3 is 5.32 Å². The Morgan fingerprint density at radius 2 is 1.87 bits per heavy atom. The topological polar surface area (TPSA) is 45.2 Å². The summed E-state index contributed by atoms with van der Waals surface area (Å²) in [6.45, 7) is 3.74. The first-order chi connectivity index (χ1) is 15.3. The van der Waals surface area contributed by atoms with Crippen LogP contribution < -0.4 is 5.32 Å². The molecule has 2 heterocycles. The number of hydrogen-bond acceptors (Lipinski definition) is 5. The molecule has 0 radical (unpaired) electrons. The Labute approximate surface area is 186 Å². The molecule has 0 bridgehead atoms. The molecule has 1 aliphatic rings. The highest BCUT2D eigenvalue weighted by molar-refractivity contribution is 7.11. The zero-order chi connectivity index (χ0) is 21.0. The summed E-state index contributed by atoms with van der Waals surface area (Å²) in [5.74, 6) is 0.284. The predicted molar refractivity (Wildman–Crippen MR) is 127 cm³/mol. The highest BCUT2D eigenvalue weighted by Gasteiger charge is 2.26. The minimum atomic E-state index is 0.155. The Kier molecular flexibility index (Phi) is 5.89. The number of fused-ring (bicyclic) bond motifs is 1. The van der Waals surface area contributed by atoms with E-state index in [1.807, 2.05) is 5.38 Å². The molecule has 1 aliphatic heterocycles. The average molecular weight is 428 g/mol. The van der Waals surface area contributed by atoms with Crippen LogP contribution in [0.15, 0.2) is 78.2 Å². The van der Waals surface area contributed by atoms with Crippen molar-refractivity contribution in [3.8, 4) is 0 Å². The molecule has 5 rings (SSSR count). The Morgan fingerprint density at radius 1 is 1.06 bits per heavy atom. The standard InChI is InChI=1S/C26H25N3OS/c30-17-26-28-25(18-31-26)24-16-29(14-13-27-24)15-23(20-7-2-1-3-8-20)22-12-6-10-19-9-4-5-11-21(19)22/h1-12,17-18,23-24,27H,13-16H2. The molecule has 156 valence electrons. The molecule has 2 atom stereocenters. The van der Waals surface area contributed by atoms with Gasteiger partial charge in [0.15, 0.2) is 11.3 Å². The molecule has 0 aliphatic carbocycles. The molecular weight excluding hydrogens is 402 g/mol. The second-order valence-electron chi connectivity index (χ2n) is 8.03. The summed E-state index contributed by atoms with van der Waals surface area (Å²) in [5, 5.41) is 8.72. The second-order valence-corrected chi connectivity index (χ2v) is 8.92. The Bertz CT molecular complexity index is 1170. The van der Waals surface area contributed by atoms with Crippen molar-refractivity contribution < 1.29 is 4.79 Å². The largest absolute Gasteiger partial charge is 0.306 e. The molecule has 31 heavy (non-hydrogen) atoms. The van der Waals surface area contributed by atoms with E-state index in [1.54, 1.807) is 0 Å². The molecule has 3 aromatic carbocycles. The number of nitrogens with zero attached hydrogens (tertiary/aromatic N) is 2. The van der Waals surface area contributed by atoms with E-state index < -0.39 is 0 Å². The van der Waals surface area contributed by atoms with Gasteiger partial charge in [-0.25, -0.2) is 4.98 Å². The number of aromatic nitrogens is 1. The van der Waals surface area contributed by atoms with Crippen molar-refractivity contribution in [2.75, 3.05) is 26.2 Å². The first-order valence-corrected chi connectivity index (χ1v) is 11.6. The second kappa shape index (κ2) is 9.10. The summed E-state index contributed by atoms with van der Waals surface area (Å²) in [6, 6.07) is 26.3. The van der Waals surface area contributed by atoms with Crippen molar-refractivity contribution in [2.45, 2.75) is 12.0 Å². The van der Waals surface area contributed by atoms with Crippen molar-refractivity contribution >= 4 is 28.4 Å². The van der Waals surface area contributed by atoms with Crippen LogP contribution in [0.4, 0.5) is 0 Å². The Hall–Kier alpha value is -2.86. The van der Waals surface area contributed by atoms with Crippen molar-refractivity contribution in [1.82, 2.24) is 15.2 Å². The minimum Gasteiger partial charge on any atom is -0.306 e. The van der Waals surface area contributed by atoms with Gasteiger partial charge in [-0.15, -0.1) is 11.3 Å². The molecule has 5 heteroatoms. The van der Waals surface area contributed by atoms with Gasteiger partial charge in [0.2, 0.25) is 0 Å². The molecule has 1 saturated heterocycles. The fourth-order valence-electron chi connectivity index (χ4n) is 4.57. The van der Waals surface area contributed by atoms with Crippen LogP contribution in [0.3, 0.4) is 0 Å². The first-order valence-electron chi connectivity index (χ1n) is 10.7. The van der Waals surface area contributed by atoms with E-state index in [-0.39, 0.29) is 12.0 Å². The van der Waals surface area contributed by atoms with Gasteiger partial charge in [0.05, 0.1) is 11.7 Å². The fraction of sp³-hybridized carbons (Fsp3) is 0.231. The third-order valence-electron chi connectivity index (χ3n) is 6.10. The van der Waals surface area contributed by atoms with Gasteiger partial charge in [0.25, 0.3) is 0 Å². The van der Waals surface area contributed by atoms with E-state index in [0.717, 1.165) is 38.2 Å². The van der Waals surface area contributed by atoms with E-state index >= 15 is 0 Å². The minimum absolute atomic E-state index is 0.155. The third kappa shape index (κ3) is 4.30. The van der Waals surface area contributed by atoms with Crippen molar-refractivity contribution in [3.63, 3.8) is 0 Å².